The average molecular weight is 136 g/mol. The molecular formula is C6H14ClN. The van der Waals surface area contributed by atoms with Gasteiger partial charge in [-0.3, -0.25) is 0 Å². The van der Waals surface area contributed by atoms with E-state index in [1.54, 1.807) is 0 Å². The van der Waals surface area contributed by atoms with Crippen molar-refractivity contribution in [3.05, 3.63) is 0 Å². The van der Waals surface area contributed by atoms with Gasteiger partial charge in [0.05, 0.1) is 0 Å². The second-order valence-corrected chi connectivity index (χ2v) is 2.47. The molecule has 0 heterocycles. The fourth-order valence-electron chi connectivity index (χ4n) is 0.439. The second kappa shape index (κ2) is 3.31. The molecule has 0 aromatic rings. The van der Waals surface area contributed by atoms with Crippen LogP contribution in [0.4, 0.5) is 0 Å². The van der Waals surface area contributed by atoms with E-state index in [1.807, 2.05) is 0 Å². The number of nitrogens with two attached hydrogens (primary N) is 1. The van der Waals surface area contributed by atoms with Crippen LogP contribution in [0.15, 0.2) is 0 Å². The van der Waals surface area contributed by atoms with Crippen molar-refractivity contribution in [3.63, 3.8) is 0 Å². The van der Waals surface area contributed by atoms with Crippen molar-refractivity contribution in [3.8, 4) is 0 Å². The number of rotatable bonds is 3. The van der Waals surface area contributed by atoms with Gasteiger partial charge in [-0.2, -0.15) is 0 Å². The lowest BCUT2D eigenvalue weighted by atomic mass is 9.97. The highest BCUT2D eigenvalue weighted by atomic mass is 35.5. The minimum atomic E-state index is -0.110. The Kier molecular flexibility index (Phi) is 3.41. The summed E-state index contributed by atoms with van der Waals surface area (Å²) in [7, 11) is 0. The Labute approximate surface area is 56.2 Å². The van der Waals surface area contributed by atoms with E-state index in [9.17, 15) is 0 Å². The first-order chi connectivity index (χ1) is 3.68. The molecule has 0 rings (SSSR count). The first kappa shape index (κ1) is 8.25. The predicted octanol–water partition coefficient (Wildman–Crippen LogP) is 1.74. The van der Waals surface area contributed by atoms with Gasteiger partial charge in [-0.15, -0.1) is 11.6 Å². The average Bonchev–Trinajstić information content (AvgIpc) is 1.87. The maximum absolute atomic E-state index is 5.76. The summed E-state index contributed by atoms with van der Waals surface area (Å²) in [6.07, 6.45) is 1.93. The minimum absolute atomic E-state index is 0.110. The summed E-state index contributed by atoms with van der Waals surface area (Å²) in [5, 5.41) is 0. The molecule has 50 valence electrons. The molecule has 1 nitrogen and oxygen atoms in total. The number of hydrogen-bond donors (Lipinski definition) is 1. The fourth-order valence-corrected chi connectivity index (χ4v) is 0.817. The van der Waals surface area contributed by atoms with E-state index in [0.29, 0.717) is 5.88 Å². The van der Waals surface area contributed by atoms with Crippen LogP contribution in [0.1, 0.15) is 26.7 Å². The molecule has 0 saturated carbocycles. The first-order valence-corrected chi connectivity index (χ1v) is 3.57. The van der Waals surface area contributed by atoms with Crippen LogP contribution >= 0.6 is 11.6 Å². The zero-order valence-electron chi connectivity index (χ0n) is 5.58. The van der Waals surface area contributed by atoms with Gasteiger partial charge in [0.2, 0.25) is 0 Å². The predicted molar refractivity (Wildman–Crippen MR) is 38.2 cm³/mol. The highest BCUT2D eigenvalue weighted by Gasteiger charge is 2.17. The first-order valence-electron chi connectivity index (χ1n) is 3.03. The topological polar surface area (TPSA) is 26.0 Å². The number of halogens is 1. The van der Waals surface area contributed by atoms with Gasteiger partial charge >= 0.3 is 0 Å². The molecular weight excluding hydrogens is 122 g/mol. The molecule has 0 aliphatic heterocycles. The normalized spacial score (nSPS) is 12.0. The third kappa shape index (κ3) is 2.01. The summed E-state index contributed by atoms with van der Waals surface area (Å²) in [5.74, 6) is 0.569. The lowest BCUT2D eigenvalue weighted by Crippen LogP contribution is -2.40. The van der Waals surface area contributed by atoms with Gasteiger partial charge in [0.15, 0.2) is 0 Å². The Morgan fingerprint density at radius 3 is 1.75 bits per heavy atom. The van der Waals surface area contributed by atoms with E-state index in [2.05, 4.69) is 13.8 Å². The highest BCUT2D eigenvalue weighted by molar-refractivity contribution is 6.18. The molecule has 0 unspecified atom stereocenters. The van der Waals surface area contributed by atoms with Crippen LogP contribution in [0.3, 0.4) is 0 Å². The molecule has 0 aliphatic rings. The van der Waals surface area contributed by atoms with Crippen LogP contribution in [0.25, 0.3) is 0 Å². The van der Waals surface area contributed by atoms with Gasteiger partial charge in [-0.05, 0) is 12.8 Å². The summed E-state index contributed by atoms with van der Waals surface area (Å²) in [4.78, 5) is 0. The quantitative estimate of drug-likeness (QED) is 0.587. The van der Waals surface area contributed by atoms with Crippen LogP contribution in [0.5, 0.6) is 0 Å². The van der Waals surface area contributed by atoms with Crippen molar-refractivity contribution < 1.29 is 0 Å². The van der Waals surface area contributed by atoms with Crippen molar-refractivity contribution in [2.45, 2.75) is 32.2 Å². The molecule has 0 bridgehead atoms. The molecule has 0 aliphatic carbocycles. The maximum atomic E-state index is 5.76. The van der Waals surface area contributed by atoms with Crippen LogP contribution in [-0.2, 0) is 0 Å². The summed E-state index contributed by atoms with van der Waals surface area (Å²) >= 11 is 5.58. The molecule has 0 fully saturated rings. The van der Waals surface area contributed by atoms with Gasteiger partial charge in [0.1, 0.15) is 0 Å². The number of hydrogen-bond acceptors (Lipinski definition) is 1. The highest BCUT2D eigenvalue weighted by Crippen LogP contribution is 2.11. The summed E-state index contributed by atoms with van der Waals surface area (Å²) in [5.41, 5.74) is 5.65. The third-order valence-electron chi connectivity index (χ3n) is 1.67. The standard InChI is InChI=1S/C6H14ClN/c1-3-6(8,4-2)5-7/h3-5,8H2,1-2H3. The largest absolute Gasteiger partial charge is 0.324 e. The lowest BCUT2D eigenvalue weighted by molar-refractivity contribution is 0.443. The molecule has 8 heavy (non-hydrogen) atoms. The fraction of sp³-hybridized carbons (Fsp3) is 1.00. The van der Waals surface area contributed by atoms with Crippen LogP contribution in [-0.4, -0.2) is 11.4 Å². The van der Waals surface area contributed by atoms with Gasteiger partial charge in [0.25, 0.3) is 0 Å². The van der Waals surface area contributed by atoms with Crippen molar-refractivity contribution >= 4 is 11.6 Å². The summed E-state index contributed by atoms with van der Waals surface area (Å²) in [6, 6.07) is 0. The molecule has 0 spiro atoms. The van der Waals surface area contributed by atoms with E-state index in [1.165, 1.54) is 0 Å². The Balaban J connectivity index is 3.58. The van der Waals surface area contributed by atoms with Crippen molar-refractivity contribution in [1.29, 1.82) is 0 Å². The van der Waals surface area contributed by atoms with Crippen LogP contribution < -0.4 is 5.73 Å². The zero-order valence-corrected chi connectivity index (χ0v) is 6.33. The second-order valence-electron chi connectivity index (χ2n) is 2.20. The maximum Gasteiger partial charge on any atom is 0.0403 e. The van der Waals surface area contributed by atoms with E-state index >= 15 is 0 Å². The monoisotopic (exact) mass is 135 g/mol. The SMILES string of the molecule is CCC(N)(CC)CCl. The van der Waals surface area contributed by atoms with Crippen molar-refractivity contribution in [2.24, 2.45) is 5.73 Å². The molecule has 0 saturated heterocycles. The van der Waals surface area contributed by atoms with Gasteiger partial charge in [-0.1, -0.05) is 13.8 Å². The van der Waals surface area contributed by atoms with E-state index in [0.717, 1.165) is 12.8 Å². The van der Waals surface area contributed by atoms with E-state index in [-0.39, 0.29) is 5.54 Å². The van der Waals surface area contributed by atoms with Crippen LogP contribution in [0, 0.1) is 0 Å². The Bertz CT molecular complexity index is 51.3. The third-order valence-corrected chi connectivity index (χ3v) is 2.21. The van der Waals surface area contributed by atoms with Crippen molar-refractivity contribution in [2.75, 3.05) is 5.88 Å². The van der Waals surface area contributed by atoms with E-state index in [4.69, 9.17) is 17.3 Å². The van der Waals surface area contributed by atoms with Gasteiger partial charge in [-0.25, -0.2) is 0 Å². The smallest absolute Gasteiger partial charge is 0.0403 e. The van der Waals surface area contributed by atoms with Crippen molar-refractivity contribution in [1.82, 2.24) is 0 Å². The molecule has 2 heteroatoms. The van der Waals surface area contributed by atoms with E-state index < -0.39 is 0 Å². The molecule has 0 atom stereocenters. The summed E-state index contributed by atoms with van der Waals surface area (Å²) < 4.78 is 0. The summed E-state index contributed by atoms with van der Waals surface area (Å²) in [6.45, 7) is 4.12. The Morgan fingerprint density at radius 2 is 1.75 bits per heavy atom. The minimum Gasteiger partial charge on any atom is -0.324 e. The Morgan fingerprint density at radius 1 is 1.38 bits per heavy atom. The molecule has 2 N–H and O–H groups in total. The molecule has 0 amide bonds. The molecule has 0 aromatic heterocycles. The van der Waals surface area contributed by atoms with Gasteiger partial charge in [0, 0.05) is 11.4 Å². The van der Waals surface area contributed by atoms with Gasteiger partial charge < -0.3 is 5.73 Å². The van der Waals surface area contributed by atoms with Crippen LogP contribution in [0.2, 0.25) is 0 Å². The lowest BCUT2D eigenvalue weighted by Gasteiger charge is -2.22. The Hall–Kier alpha value is 0.250. The molecule has 0 aromatic carbocycles. The molecule has 0 radical (unpaired) electrons. The zero-order chi connectivity index (χ0) is 6.62. The number of alkyl halides is 1.